The molecule has 1 N–H and O–H groups in total. The smallest absolute Gasteiger partial charge is 0.129 e. The van der Waals surface area contributed by atoms with Crippen molar-refractivity contribution in [2.45, 2.75) is 44.9 Å². The summed E-state index contributed by atoms with van der Waals surface area (Å²) in [6.45, 7) is 4.89. The number of rotatable bonds is 3. The normalized spacial score (nSPS) is 24.6. The highest BCUT2D eigenvalue weighted by atomic mass is 35.5. The molecule has 0 spiro atoms. The van der Waals surface area contributed by atoms with Crippen LogP contribution < -0.4 is 5.32 Å². The van der Waals surface area contributed by atoms with Gasteiger partial charge in [0.05, 0.1) is 0 Å². The van der Waals surface area contributed by atoms with Crippen LogP contribution in [0.2, 0.25) is 0 Å². The van der Waals surface area contributed by atoms with Crippen LogP contribution in [0.5, 0.6) is 0 Å². The Balaban J connectivity index is 1.88. The van der Waals surface area contributed by atoms with E-state index in [1.165, 1.54) is 19.3 Å². The Morgan fingerprint density at radius 1 is 1.35 bits per heavy atom. The first-order valence-electron chi connectivity index (χ1n) is 6.33. The van der Waals surface area contributed by atoms with Crippen LogP contribution in [-0.4, -0.2) is 21.9 Å². The van der Waals surface area contributed by atoms with E-state index in [-0.39, 0.29) is 0 Å². The van der Waals surface area contributed by atoms with E-state index in [2.05, 4.69) is 15.3 Å². The summed E-state index contributed by atoms with van der Waals surface area (Å²) in [6, 6.07) is 1.99. The molecule has 2 unspecified atom stereocenters. The Bertz CT molecular complexity index is 361. The lowest BCUT2D eigenvalue weighted by Crippen LogP contribution is -2.22. The van der Waals surface area contributed by atoms with E-state index in [9.17, 15) is 0 Å². The summed E-state index contributed by atoms with van der Waals surface area (Å²) >= 11 is 6.19. The molecule has 2 rings (SSSR count). The van der Waals surface area contributed by atoms with Crippen molar-refractivity contribution in [2.24, 2.45) is 5.92 Å². The fourth-order valence-electron chi connectivity index (χ4n) is 2.47. The molecular weight excluding hydrogens is 234 g/mol. The SMILES string of the molecule is Cc1cc(NCC2CCCC(Cl)C2)nc(C)n1. The minimum absolute atomic E-state index is 0.365. The molecule has 1 aliphatic rings. The van der Waals surface area contributed by atoms with E-state index in [1.807, 2.05) is 19.9 Å². The monoisotopic (exact) mass is 253 g/mol. The summed E-state index contributed by atoms with van der Waals surface area (Å²) in [4.78, 5) is 8.65. The standard InChI is InChI=1S/C13H20ClN3/c1-9-6-13(17-10(2)16-9)15-8-11-4-3-5-12(14)7-11/h6,11-12H,3-5,7-8H2,1-2H3,(H,15,16,17). The van der Waals surface area contributed by atoms with Crippen LogP contribution in [0.25, 0.3) is 0 Å². The van der Waals surface area contributed by atoms with Crippen molar-refractivity contribution < 1.29 is 0 Å². The van der Waals surface area contributed by atoms with E-state index < -0.39 is 0 Å². The molecule has 2 atom stereocenters. The van der Waals surface area contributed by atoms with Gasteiger partial charge in [0.15, 0.2) is 0 Å². The van der Waals surface area contributed by atoms with Gasteiger partial charge in [-0.1, -0.05) is 6.42 Å². The van der Waals surface area contributed by atoms with Crippen LogP contribution in [-0.2, 0) is 0 Å². The first kappa shape index (κ1) is 12.6. The first-order chi connectivity index (χ1) is 8.13. The lowest BCUT2D eigenvalue weighted by Gasteiger charge is -2.25. The minimum Gasteiger partial charge on any atom is -0.370 e. The van der Waals surface area contributed by atoms with Gasteiger partial charge >= 0.3 is 0 Å². The Hall–Kier alpha value is -0.830. The molecule has 0 aromatic carbocycles. The molecule has 1 aromatic rings. The second kappa shape index (κ2) is 5.67. The number of aromatic nitrogens is 2. The molecule has 1 saturated carbocycles. The van der Waals surface area contributed by atoms with Gasteiger partial charge in [0.2, 0.25) is 0 Å². The molecule has 94 valence electrons. The Morgan fingerprint density at radius 3 is 2.88 bits per heavy atom. The topological polar surface area (TPSA) is 37.8 Å². The number of halogens is 1. The first-order valence-corrected chi connectivity index (χ1v) is 6.77. The van der Waals surface area contributed by atoms with Crippen molar-refractivity contribution >= 4 is 17.4 Å². The van der Waals surface area contributed by atoms with E-state index in [0.29, 0.717) is 11.3 Å². The summed E-state index contributed by atoms with van der Waals surface area (Å²) in [6.07, 6.45) is 4.82. The predicted octanol–water partition coefficient (Wildman–Crippen LogP) is 3.30. The van der Waals surface area contributed by atoms with Crippen LogP contribution in [0.1, 0.15) is 37.2 Å². The van der Waals surface area contributed by atoms with Gasteiger partial charge in [-0.3, -0.25) is 0 Å². The second-order valence-corrected chi connectivity index (χ2v) is 5.57. The lowest BCUT2D eigenvalue weighted by molar-refractivity contribution is 0.378. The van der Waals surface area contributed by atoms with Crippen molar-refractivity contribution in [3.63, 3.8) is 0 Å². The van der Waals surface area contributed by atoms with Crippen LogP contribution >= 0.6 is 11.6 Å². The molecule has 1 heterocycles. The van der Waals surface area contributed by atoms with Gasteiger partial charge in [-0.05, 0) is 39.0 Å². The quantitative estimate of drug-likeness (QED) is 0.840. The predicted molar refractivity (Wildman–Crippen MR) is 71.6 cm³/mol. The molecular formula is C13H20ClN3. The van der Waals surface area contributed by atoms with Crippen LogP contribution in [0.15, 0.2) is 6.07 Å². The molecule has 0 saturated heterocycles. The molecule has 0 aliphatic heterocycles. The Labute approximate surface area is 108 Å². The largest absolute Gasteiger partial charge is 0.370 e. The summed E-state index contributed by atoms with van der Waals surface area (Å²) in [5.74, 6) is 2.44. The van der Waals surface area contributed by atoms with Gasteiger partial charge in [-0.15, -0.1) is 11.6 Å². The zero-order valence-corrected chi connectivity index (χ0v) is 11.3. The van der Waals surface area contributed by atoms with Crippen molar-refractivity contribution in [3.05, 3.63) is 17.6 Å². The van der Waals surface area contributed by atoms with E-state index in [1.54, 1.807) is 0 Å². The van der Waals surface area contributed by atoms with Crippen LogP contribution in [0.4, 0.5) is 5.82 Å². The molecule has 4 heteroatoms. The maximum absolute atomic E-state index is 6.19. The number of alkyl halides is 1. The van der Waals surface area contributed by atoms with Crippen LogP contribution in [0, 0.1) is 19.8 Å². The summed E-state index contributed by atoms with van der Waals surface area (Å²) in [5, 5.41) is 3.77. The highest BCUT2D eigenvalue weighted by Crippen LogP contribution is 2.27. The van der Waals surface area contributed by atoms with Crippen molar-refractivity contribution in [2.75, 3.05) is 11.9 Å². The van der Waals surface area contributed by atoms with Gasteiger partial charge in [0.1, 0.15) is 11.6 Å². The maximum Gasteiger partial charge on any atom is 0.129 e. The minimum atomic E-state index is 0.365. The third kappa shape index (κ3) is 3.84. The average Bonchev–Trinajstić information content (AvgIpc) is 2.25. The van der Waals surface area contributed by atoms with Gasteiger partial charge in [0, 0.05) is 23.7 Å². The van der Waals surface area contributed by atoms with E-state index in [0.717, 1.165) is 30.3 Å². The number of hydrogen-bond acceptors (Lipinski definition) is 3. The summed E-state index contributed by atoms with van der Waals surface area (Å²) in [5.41, 5.74) is 1.01. The highest BCUT2D eigenvalue weighted by Gasteiger charge is 2.19. The molecule has 1 aromatic heterocycles. The summed E-state index contributed by atoms with van der Waals surface area (Å²) in [7, 11) is 0. The molecule has 17 heavy (non-hydrogen) atoms. The van der Waals surface area contributed by atoms with Crippen LogP contribution in [0.3, 0.4) is 0 Å². The Morgan fingerprint density at radius 2 is 2.18 bits per heavy atom. The van der Waals surface area contributed by atoms with Gasteiger partial charge in [0.25, 0.3) is 0 Å². The fraction of sp³-hybridized carbons (Fsp3) is 0.692. The van der Waals surface area contributed by atoms with Gasteiger partial charge in [-0.25, -0.2) is 9.97 Å². The van der Waals surface area contributed by atoms with Crippen molar-refractivity contribution in [1.82, 2.24) is 9.97 Å². The number of nitrogens with one attached hydrogen (secondary N) is 1. The number of anilines is 1. The molecule has 0 amide bonds. The maximum atomic E-state index is 6.19. The Kier molecular flexibility index (Phi) is 4.21. The average molecular weight is 254 g/mol. The molecule has 1 aliphatic carbocycles. The third-order valence-corrected chi connectivity index (χ3v) is 3.65. The van der Waals surface area contributed by atoms with E-state index in [4.69, 9.17) is 11.6 Å². The second-order valence-electron chi connectivity index (χ2n) is 4.95. The van der Waals surface area contributed by atoms with E-state index >= 15 is 0 Å². The molecule has 3 nitrogen and oxygen atoms in total. The number of nitrogens with zero attached hydrogens (tertiary/aromatic N) is 2. The van der Waals surface area contributed by atoms with Gasteiger partial charge in [-0.2, -0.15) is 0 Å². The number of aryl methyl sites for hydroxylation is 2. The van der Waals surface area contributed by atoms with Crippen molar-refractivity contribution in [3.8, 4) is 0 Å². The zero-order chi connectivity index (χ0) is 12.3. The summed E-state index contributed by atoms with van der Waals surface area (Å²) < 4.78 is 0. The lowest BCUT2D eigenvalue weighted by atomic mass is 9.89. The molecule has 1 fully saturated rings. The number of hydrogen-bond donors (Lipinski definition) is 1. The molecule has 0 bridgehead atoms. The fourth-order valence-corrected chi connectivity index (χ4v) is 2.87. The molecule has 0 radical (unpaired) electrons. The van der Waals surface area contributed by atoms with Gasteiger partial charge < -0.3 is 5.32 Å². The third-order valence-electron chi connectivity index (χ3n) is 3.26. The van der Waals surface area contributed by atoms with Crippen molar-refractivity contribution in [1.29, 1.82) is 0 Å². The zero-order valence-electron chi connectivity index (χ0n) is 10.5. The highest BCUT2D eigenvalue weighted by molar-refractivity contribution is 6.20.